The normalized spacial score (nSPS) is 52.8. The average Bonchev–Trinajstić information content (AvgIpc) is 3.30. The van der Waals surface area contributed by atoms with Crippen LogP contribution >= 0.6 is 0 Å². The molecule has 5 aliphatic rings. The first-order valence-corrected chi connectivity index (χ1v) is 14.0. The number of ether oxygens (including phenoxy) is 1. The first-order chi connectivity index (χ1) is 15.5. The minimum atomic E-state index is -0.856. The fraction of sp³-hybridized carbons (Fsp3) is 0.933. The standard InChI is InChI=1S/C30H48O4/c1-25(2)20-10-15-28(6)21(27(20,5)13-11-22(25)32)17-19(31)24-18(9-14-29(24,28)7)30(8)16-12-23(34-30)26(3,4)33/h18,20-21,23-24,33H,9-17H2,1-8H3/t18-,20-,21+,23-,24-,27-,28+,29+,30-/m0/s1. The lowest BCUT2D eigenvalue weighted by molar-refractivity contribution is -0.208. The highest BCUT2D eigenvalue weighted by molar-refractivity contribution is 5.86. The van der Waals surface area contributed by atoms with Gasteiger partial charge >= 0.3 is 0 Å². The SMILES string of the molecule is CC(C)(O)[C@@H]1CC[C@@](C)([C@H]2CC[C@]3(C)[C@@H]2C(=O)C[C@@H]2[C@@]4(C)CCC(=O)C(C)(C)[C@@H]4CC[C@]23C)O1. The maximum absolute atomic E-state index is 14.1. The second-order valence-corrected chi connectivity index (χ2v) is 15.0. The summed E-state index contributed by atoms with van der Waals surface area (Å²) in [5, 5.41) is 10.6. The molecule has 9 atom stereocenters. The summed E-state index contributed by atoms with van der Waals surface area (Å²) in [6.45, 7) is 17.6. The molecule has 0 amide bonds. The van der Waals surface area contributed by atoms with Crippen LogP contribution in [0.15, 0.2) is 0 Å². The molecule has 1 N–H and O–H groups in total. The van der Waals surface area contributed by atoms with E-state index in [1.54, 1.807) is 0 Å². The predicted molar refractivity (Wildman–Crippen MR) is 133 cm³/mol. The Morgan fingerprint density at radius 3 is 2.12 bits per heavy atom. The number of rotatable bonds is 2. The van der Waals surface area contributed by atoms with Crippen molar-refractivity contribution in [3.05, 3.63) is 0 Å². The number of Topliss-reactive ketones (excluding diaryl/α,β-unsaturated/α-hetero) is 2. The Morgan fingerprint density at radius 2 is 1.50 bits per heavy atom. The van der Waals surface area contributed by atoms with E-state index in [1.807, 2.05) is 13.8 Å². The molecule has 1 heterocycles. The van der Waals surface area contributed by atoms with Crippen LogP contribution in [0.1, 0.15) is 113 Å². The van der Waals surface area contributed by atoms with Crippen molar-refractivity contribution in [2.75, 3.05) is 0 Å². The molecular weight excluding hydrogens is 424 g/mol. The molecule has 4 nitrogen and oxygen atoms in total. The van der Waals surface area contributed by atoms with E-state index in [0.29, 0.717) is 36.2 Å². The number of hydrogen-bond acceptors (Lipinski definition) is 4. The second kappa shape index (κ2) is 7.18. The van der Waals surface area contributed by atoms with Crippen LogP contribution in [0.25, 0.3) is 0 Å². The van der Waals surface area contributed by atoms with E-state index in [4.69, 9.17) is 4.74 Å². The number of ketones is 2. The van der Waals surface area contributed by atoms with E-state index >= 15 is 0 Å². The zero-order valence-electron chi connectivity index (χ0n) is 22.9. The fourth-order valence-electron chi connectivity index (χ4n) is 10.6. The summed E-state index contributed by atoms with van der Waals surface area (Å²) < 4.78 is 6.61. The third kappa shape index (κ3) is 3.03. The van der Waals surface area contributed by atoms with Gasteiger partial charge in [-0.25, -0.2) is 0 Å². The highest BCUT2D eigenvalue weighted by Gasteiger charge is 2.72. The Bertz CT molecular complexity index is 900. The monoisotopic (exact) mass is 472 g/mol. The lowest BCUT2D eigenvalue weighted by Gasteiger charge is -2.68. The van der Waals surface area contributed by atoms with Crippen LogP contribution in [0.5, 0.6) is 0 Å². The highest BCUT2D eigenvalue weighted by Crippen LogP contribution is 2.75. The van der Waals surface area contributed by atoms with Crippen LogP contribution in [0, 0.1) is 45.3 Å². The van der Waals surface area contributed by atoms with Gasteiger partial charge in [-0.3, -0.25) is 9.59 Å². The van der Waals surface area contributed by atoms with Crippen LogP contribution in [0.4, 0.5) is 0 Å². The molecule has 4 heteroatoms. The van der Waals surface area contributed by atoms with Gasteiger partial charge in [0.15, 0.2) is 0 Å². The molecule has 4 aliphatic carbocycles. The van der Waals surface area contributed by atoms with Crippen molar-refractivity contribution in [1.29, 1.82) is 0 Å². The van der Waals surface area contributed by atoms with E-state index < -0.39 is 5.60 Å². The Hall–Kier alpha value is -0.740. The summed E-state index contributed by atoms with van der Waals surface area (Å²) >= 11 is 0. The van der Waals surface area contributed by atoms with Gasteiger partial charge in [0.25, 0.3) is 0 Å². The van der Waals surface area contributed by atoms with Gasteiger partial charge in [-0.2, -0.15) is 0 Å². The molecule has 0 aromatic heterocycles. The van der Waals surface area contributed by atoms with E-state index in [0.717, 1.165) is 44.9 Å². The van der Waals surface area contributed by atoms with Crippen molar-refractivity contribution in [3.63, 3.8) is 0 Å². The third-order valence-corrected chi connectivity index (χ3v) is 12.8. The molecule has 0 radical (unpaired) electrons. The molecule has 1 aliphatic heterocycles. The average molecular weight is 473 g/mol. The second-order valence-electron chi connectivity index (χ2n) is 15.0. The van der Waals surface area contributed by atoms with Gasteiger partial charge in [0.05, 0.1) is 17.3 Å². The van der Waals surface area contributed by atoms with Crippen molar-refractivity contribution in [3.8, 4) is 0 Å². The van der Waals surface area contributed by atoms with Crippen LogP contribution in [0.2, 0.25) is 0 Å². The van der Waals surface area contributed by atoms with E-state index in [1.165, 1.54) is 0 Å². The molecular formula is C30H48O4. The zero-order valence-corrected chi connectivity index (χ0v) is 22.9. The third-order valence-electron chi connectivity index (χ3n) is 12.8. The Balaban J connectivity index is 1.49. The molecule has 0 aromatic rings. The van der Waals surface area contributed by atoms with Gasteiger partial charge in [0.2, 0.25) is 0 Å². The van der Waals surface area contributed by atoms with Gasteiger partial charge in [-0.15, -0.1) is 0 Å². The molecule has 4 saturated carbocycles. The number of carbonyl (C=O) groups is 2. The molecule has 0 spiro atoms. The molecule has 5 fully saturated rings. The van der Waals surface area contributed by atoms with Gasteiger partial charge in [0.1, 0.15) is 11.6 Å². The fourth-order valence-corrected chi connectivity index (χ4v) is 10.6. The molecule has 34 heavy (non-hydrogen) atoms. The quantitative estimate of drug-likeness (QED) is 0.525. The van der Waals surface area contributed by atoms with Gasteiger partial charge in [-0.05, 0) is 99.7 Å². The van der Waals surface area contributed by atoms with Gasteiger partial charge in [-0.1, -0.05) is 34.6 Å². The van der Waals surface area contributed by atoms with Crippen LogP contribution in [-0.4, -0.2) is 34.0 Å². The lowest BCUT2D eigenvalue weighted by Crippen LogP contribution is -2.65. The van der Waals surface area contributed by atoms with Crippen molar-refractivity contribution in [1.82, 2.24) is 0 Å². The predicted octanol–water partition coefficient (Wildman–Crippen LogP) is 6.13. The smallest absolute Gasteiger partial charge is 0.138 e. The first-order valence-electron chi connectivity index (χ1n) is 14.0. The van der Waals surface area contributed by atoms with Gasteiger partial charge in [0, 0.05) is 24.2 Å². The van der Waals surface area contributed by atoms with Crippen molar-refractivity contribution in [2.24, 2.45) is 45.3 Å². The highest BCUT2D eigenvalue weighted by atomic mass is 16.5. The topological polar surface area (TPSA) is 63.6 Å². The summed E-state index contributed by atoms with van der Waals surface area (Å²) in [6, 6.07) is 0. The summed E-state index contributed by atoms with van der Waals surface area (Å²) in [6.07, 6.45) is 8.20. The Labute approximate surface area is 207 Å². The van der Waals surface area contributed by atoms with E-state index in [2.05, 4.69) is 41.5 Å². The largest absolute Gasteiger partial charge is 0.388 e. The summed E-state index contributed by atoms with van der Waals surface area (Å²) in [4.78, 5) is 27.0. The Kier molecular flexibility index (Phi) is 5.27. The molecule has 1 saturated heterocycles. The molecule has 0 aromatic carbocycles. The minimum Gasteiger partial charge on any atom is -0.388 e. The van der Waals surface area contributed by atoms with Crippen molar-refractivity contribution >= 4 is 11.6 Å². The summed E-state index contributed by atoms with van der Waals surface area (Å²) in [5.74, 6) is 1.84. The van der Waals surface area contributed by atoms with Crippen LogP contribution in [-0.2, 0) is 14.3 Å². The number of carbonyl (C=O) groups excluding carboxylic acids is 2. The number of hydrogen-bond donors (Lipinski definition) is 1. The molecule has 192 valence electrons. The minimum absolute atomic E-state index is 0.0313. The maximum Gasteiger partial charge on any atom is 0.138 e. The molecule has 0 unspecified atom stereocenters. The maximum atomic E-state index is 14.1. The van der Waals surface area contributed by atoms with Crippen molar-refractivity contribution in [2.45, 2.75) is 130 Å². The van der Waals surface area contributed by atoms with E-state index in [-0.39, 0.29) is 45.2 Å². The van der Waals surface area contributed by atoms with E-state index in [9.17, 15) is 14.7 Å². The number of fused-ring (bicyclic) bond motifs is 5. The first kappa shape index (κ1) is 24.9. The zero-order chi connectivity index (χ0) is 25.1. The number of aliphatic hydroxyl groups is 1. The van der Waals surface area contributed by atoms with Crippen LogP contribution in [0.3, 0.4) is 0 Å². The summed E-state index contributed by atoms with van der Waals surface area (Å²) in [7, 11) is 0. The Morgan fingerprint density at radius 1 is 0.853 bits per heavy atom. The van der Waals surface area contributed by atoms with Crippen LogP contribution < -0.4 is 0 Å². The molecule has 0 bridgehead atoms. The lowest BCUT2D eigenvalue weighted by atomic mass is 9.35. The van der Waals surface area contributed by atoms with Gasteiger partial charge < -0.3 is 9.84 Å². The van der Waals surface area contributed by atoms with Crippen molar-refractivity contribution < 1.29 is 19.4 Å². The molecule has 5 rings (SSSR count). The summed E-state index contributed by atoms with van der Waals surface area (Å²) in [5.41, 5.74) is -1.36.